The van der Waals surface area contributed by atoms with Gasteiger partial charge in [-0.05, 0) is 34.5 Å². The van der Waals surface area contributed by atoms with Crippen LogP contribution in [-0.4, -0.2) is 11.1 Å². The summed E-state index contributed by atoms with van der Waals surface area (Å²) in [5.74, 6) is 0.834. The van der Waals surface area contributed by atoms with Gasteiger partial charge in [0.15, 0.2) is 0 Å². The summed E-state index contributed by atoms with van der Waals surface area (Å²) in [6.07, 6.45) is 1.56. The molecule has 0 aliphatic rings. The number of rotatable bonds is 5. The van der Waals surface area contributed by atoms with Crippen LogP contribution in [0.15, 0.2) is 28.7 Å². The molecule has 0 bridgehead atoms. The average molecular weight is 288 g/mol. The Kier molecular flexibility index (Phi) is 5.05. The average Bonchev–Trinajstić information content (AvgIpc) is 2.19. The molecule has 1 unspecified atom stereocenters. The van der Waals surface area contributed by atoms with E-state index in [0.29, 0.717) is 11.4 Å². The highest BCUT2D eigenvalue weighted by Gasteiger charge is 2.10. The van der Waals surface area contributed by atoms with Crippen LogP contribution in [0.4, 0.5) is 0 Å². The highest BCUT2D eigenvalue weighted by molar-refractivity contribution is 9.10. The fourth-order valence-electron chi connectivity index (χ4n) is 1.21. The minimum absolute atomic E-state index is 0.0567. The first-order valence-corrected chi connectivity index (χ1v) is 6.03. The van der Waals surface area contributed by atoms with Gasteiger partial charge in [-0.2, -0.15) is 0 Å². The third-order valence-corrected chi connectivity index (χ3v) is 2.84. The molecule has 0 aliphatic heterocycles. The SMILES string of the molecule is CCC(CC(N)=S)Oc1ccccc1Br. The van der Waals surface area contributed by atoms with Gasteiger partial charge in [-0.1, -0.05) is 31.3 Å². The summed E-state index contributed by atoms with van der Waals surface area (Å²) in [5, 5.41) is 0. The van der Waals surface area contributed by atoms with E-state index in [0.717, 1.165) is 16.6 Å². The fraction of sp³-hybridized carbons (Fsp3) is 0.364. The number of para-hydroxylation sites is 1. The second kappa shape index (κ2) is 6.08. The molecular weight excluding hydrogens is 274 g/mol. The van der Waals surface area contributed by atoms with Crippen LogP contribution < -0.4 is 10.5 Å². The number of ether oxygens (including phenoxy) is 1. The minimum atomic E-state index is 0.0567. The maximum Gasteiger partial charge on any atom is 0.133 e. The van der Waals surface area contributed by atoms with Crippen LogP contribution in [0, 0.1) is 0 Å². The first-order valence-electron chi connectivity index (χ1n) is 4.83. The van der Waals surface area contributed by atoms with Crippen molar-refractivity contribution < 1.29 is 4.74 Å². The van der Waals surface area contributed by atoms with Gasteiger partial charge in [0.1, 0.15) is 11.9 Å². The Hall–Kier alpha value is -0.610. The van der Waals surface area contributed by atoms with Crippen LogP contribution in [0.1, 0.15) is 19.8 Å². The molecule has 0 aliphatic carbocycles. The molecule has 0 heterocycles. The Bertz CT molecular complexity index is 343. The van der Waals surface area contributed by atoms with E-state index in [1.54, 1.807) is 0 Å². The Labute approximate surface area is 104 Å². The quantitative estimate of drug-likeness (QED) is 0.844. The van der Waals surface area contributed by atoms with Gasteiger partial charge in [-0.25, -0.2) is 0 Å². The maximum absolute atomic E-state index is 5.79. The molecule has 1 rings (SSSR count). The molecule has 15 heavy (non-hydrogen) atoms. The molecule has 4 heteroatoms. The smallest absolute Gasteiger partial charge is 0.133 e. The second-order valence-electron chi connectivity index (χ2n) is 3.25. The zero-order valence-electron chi connectivity index (χ0n) is 8.57. The van der Waals surface area contributed by atoms with Gasteiger partial charge in [0.05, 0.1) is 9.46 Å². The molecule has 0 radical (unpaired) electrons. The Morgan fingerprint density at radius 2 is 2.20 bits per heavy atom. The predicted molar refractivity (Wildman–Crippen MR) is 70.3 cm³/mol. The number of benzene rings is 1. The molecule has 1 aromatic rings. The first-order chi connectivity index (χ1) is 7.13. The lowest BCUT2D eigenvalue weighted by Gasteiger charge is -2.17. The molecule has 0 saturated carbocycles. The summed E-state index contributed by atoms with van der Waals surface area (Å²) in [6, 6.07) is 7.76. The van der Waals surface area contributed by atoms with Gasteiger partial charge in [0.2, 0.25) is 0 Å². The van der Waals surface area contributed by atoms with Crippen LogP contribution in [0.25, 0.3) is 0 Å². The van der Waals surface area contributed by atoms with Crippen molar-refractivity contribution in [2.75, 3.05) is 0 Å². The number of nitrogens with two attached hydrogens (primary N) is 1. The van der Waals surface area contributed by atoms with Crippen LogP contribution in [0.2, 0.25) is 0 Å². The fourth-order valence-corrected chi connectivity index (χ4v) is 1.78. The number of hydrogen-bond acceptors (Lipinski definition) is 2. The van der Waals surface area contributed by atoms with E-state index in [4.69, 9.17) is 22.7 Å². The standard InChI is InChI=1S/C11H14BrNOS/c1-2-8(7-11(13)15)14-10-6-4-3-5-9(10)12/h3-6,8H,2,7H2,1H3,(H2,13,15). The molecule has 82 valence electrons. The second-order valence-corrected chi connectivity index (χ2v) is 4.63. The summed E-state index contributed by atoms with van der Waals surface area (Å²) < 4.78 is 6.74. The van der Waals surface area contributed by atoms with E-state index < -0.39 is 0 Å². The van der Waals surface area contributed by atoms with Crippen LogP contribution >= 0.6 is 28.1 Å². The first kappa shape index (κ1) is 12.5. The summed E-state index contributed by atoms with van der Waals surface area (Å²) >= 11 is 8.30. The lowest BCUT2D eigenvalue weighted by atomic mass is 10.2. The molecule has 1 aromatic carbocycles. The molecule has 0 amide bonds. The normalized spacial score (nSPS) is 12.1. The minimum Gasteiger partial charge on any atom is -0.489 e. The van der Waals surface area contributed by atoms with Crippen LogP contribution in [0.3, 0.4) is 0 Å². The van der Waals surface area contributed by atoms with Gasteiger partial charge in [0, 0.05) is 6.42 Å². The van der Waals surface area contributed by atoms with Crippen LogP contribution in [0.5, 0.6) is 5.75 Å². The third-order valence-electron chi connectivity index (χ3n) is 2.01. The largest absolute Gasteiger partial charge is 0.489 e. The summed E-state index contributed by atoms with van der Waals surface area (Å²) in [4.78, 5) is 0.494. The molecule has 2 N–H and O–H groups in total. The molecule has 0 fully saturated rings. The topological polar surface area (TPSA) is 35.2 Å². The van der Waals surface area contributed by atoms with E-state index in [1.807, 2.05) is 24.3 Å². The van der Waals surface area contributed by atoms with Crippen molar-refractivity contribution in [1.82, 2.24) is 0 Å². The van der Waals surface area contributed by atoms with Gasteiger partial charge < -0.3 is 10.5 Å². The van der Waals surface area contributed by atoms with Crippen molar-refractivity contribution >= 4 is 33.1 Å². The van der Waals surface area contributed by atoms with Crippen molar-refractivity contribution in [3.8, 4) is 5.75 Å². The van der Waals surface area contributed by atoms with Gasteiger partial charge in [-0.3, -0.25) is 0 Å². The monoisotopic (exact) mass is 287 g/mol. The zero-order valence-corrected chi connectivity index (χ0v) is 11.0. The lowest BCUT2D eigenvalue weighted by molar-refractivity contribution is 0.204. The molecular formula is C11H14BrNOS. The predicted octanol–water partition coefficient (Wildman–Crippen LogP) is 3.28. The van der Waals surface area contributed by atoms with E-state index in [-0.39, 0.29) is 6.10 Å². The van der Waals surface area contributed by atoms with Gasteiger partial charge >= 0.3 is 0 Å². The third kappa shape index (κ3) is 4.18. The highest BCUT2D eigenvalue weighted by Crippen LogP contribution is 2.25. The zero-order chi connectivity index (χ0) is 11.3. The van der Waals surface area contributed by atoms with E-state index in [9.17, 15) is 0 Å². The van der Waals surface area contributed by atoms with E-state index in [2.05, 4.69) is 22.9 Å². The van der Waals surface area contributed by atoms with Crippen LogP contribution in [-0.2, 0) is 0 Å². The molecule has 0 aromatic heterocycles. The molecule has 2 nitrogen and oxygen atoms in total. The van der Waals surface area contributed by atoms with E-state index >= 15 is 0 Å². The Balaban J connectivity index is 2.66. The molecule has 0 saturated heterocycles. The highest BCUT2D eigenvalue weighted by atomic mass is 79.9. The lowest BCUT2D eigenvalue weighted by Crippen LogP contribution is -2.23. The van der Waals surface area contributed by atoms with Crippen molar-refractivity contribution in [3.05, 3.63) is 28.7 Å². The summed E-state index contributed by atoms with van der Waals surface area (Å²) in [7, 11) is 0. The Morgan fingerprint density at radius 1 is 1.53 bits per heavy atom. The van der Waals surface area contributed by atoms with Crippen molar-refractivity contribution in [2.24, 2.45) is 5.73 Å². The number of thiocarbonyl (C=S) groups is 1. The maximum atomic E-state index is 5.79. The number of halogens is 1. The molecule has 1 atom stereocenters. The summed E-state index contributed by atoms with van der Waals surface area (Å²) in [5.41, 5.74) is 5.50. The van der Waals surface area contributed by atoms with Gasteiger partial charge in [-0.15, -0.1) is 0 Å². The summed E-state index contributed by atoms with van der Waals surface area (Å²) in [6.45, 7) is 2.06. The van der Waals surface area contributed by atoms with Crippen molar-refractivity contribution in [2.45, 2.75) is 25.9 Å². The van der Waals surface area contributed by atoms with E-state index in [1.165, 1.54) is 0 Å². The van der Waals surface area contributed by atoms with Gasteiger partial charge in [0.25, 0.3) is 0 Å². The van der Waals surface area contributed by atoms with Crippen molar-refractivity contribution in [3.63, 3.8) is 0 Å². The molecule has 0 spiro atoms. The van der Waals surface area contributed by atoms with Crippen molar-refractivity contribution in [1.29, 1.82) is 0 Å². The number of hydrogen-bond donors (Lipinski definition) is 1. The Morgan fingerprint density at radius 3 is 2.73 bits per heavy atom.